The Balaban J connectivity index is 2.11. The van der Waals surface area contributed by atoms with Crippen molar-refractivity contribution in [2.45, 2.75) is 18.6 Å². The van der Waals surface area contributed by atoms with E-state index in [0.717, 1.165) is 0 Å². The Morgan fingerprint density at radius 2 is 2.15 bits per heavy atom. The van der Waals surface area contributed by atoms with E-state index in [1.54, 1.807) is 0 Å². The van der Waals surface area contributed by atoms with Crippen LogP contribution < -0.4 is 21.7 Å². The van der Waals surface area contributed by atoms with Crippen LogP contribution in [0.5, 0.6) is 0 Å². The predicted octanol–water partition coefficient (Wildman–Crippen LogP) is -1.91. The Hall–Kier alpha value is -1.14. The van der Waals surface area contributed by atoms with Crippen molar-refractivity contribution in [2.75, 3.05) is 6.54 Å². The number of amides is 3. The van der Waals surface area contributed by atoms with Crippen LogP contribution in [0, 0.1) is 5.92 Å². The lowest BCUT2D eigenvalue weighted by atomic mass is 9.91. The number of carbonyl (C=O) groups is 2. The number of fused-ring (bicyclic) bond motifs is 1. The van der Waals surface area contributed by atoms with Crippen molar-refractivity contribution < 1.29 is 9.59 Å². The van der Waals surface area contributed by atoms with Gasteiger partial charge in [0.2, 0.25) is 5.91 Å². The first kappa shape index (κ1) is 8.46. The molecule has 6 heteroatoms. The Bertz CT molecular complexity index is 255. The molecule has 3 unspecified atom stereocenters. The fourth-order valence-electron chi connectivity index (χ4n) is 1.76. The highest BCUT2D eigenvalue weighted by atomic mass is 16.2. The van der Waals surface area contributed by atoms with Gasteiger partial charge >= 0.3 is 6.03 Å². The highest BCUT2D eigenvalue weighted by Crippen LogP contribution is 2.16. The van der Waals surface area contributed by atoms with Gasteiger partial charge in [-0.1, -0.05) is 0 Å². The number of hydrogen-bond donors (Lipinski definition) is 4. The first-order chi connectivity index (χ1) is 6.16. The molecule has 2 rings (SSSR count). The van der Waals surface area contributed by atoms with Gasteiger partial charge in [0.1, 0.15) is 0 Å². The fraction of sp³-hybridized carbons (Fsp3) is 0.714. The third-order valence-electron chi connectivity index (χ3n) is 2.42. The molecule has 0 aromatic heterocycles. The van der Waals surface area contributed by atoms with Gasteiger partial charge < -0.3 is 11.1 Å². The molecule has 0 bridgehead atoms. The van der Waals surface area contributed by atoms with Crippen LogP contribution in [0.15, 0.2) is 0 Å². The predicted molar refractivity (Wildman–Crippen MR) is 44.5 cm³/mol. The van der Waals surface area contributed by atoms with E-state index in [4.69, 9.17) is 5.73 Å². The van der Waals surface area contributed by atoms with Crippen LogP contribution in [0.1, 0.15) is 6.42 Å². The van der Waals surface area contributed by atoms with E-state index >= 15 is 0 Å². The quantitative estimate of drug-likeness (QED) is 0.353. The Labute approximate surface area is 75.2 Å². The monoisotopic (exact) mass is 184 g/mol. The molecule has 0 radical (unpaired) electrons. The van der Waals surface area contributed by atoms with Gasteiger partial charge in [0.05, 0.1) is 12.1 Å². The molecule has 3 atom stereocenters. The highest BCUT2D eigenvalue weighted by molar-refractivity contribution is 5.98. The zero-order valence-electron chi connectivity index (χ0n) is 7.04. The normalized spacial score (nSPS) is 39.0. The van der Waals surface area contributed by atoms with E-state index in [1.807, 2.05) is 0 Å². The van der Waals surface area contributed by atoms with E-state index < -0.39 is 6.03 Å². The first-order valence-corrected chi connectivity index (χ1v) is 4.27. The summed E-state index contributed by atoms with van der Waals surface area (Å²) in [6.45, 7) is 0.634. The molecular formula is C7H12N4O2. The minimum absolute atomic E-state index is 0.0120. The lowest BCUT2D eigenvalue weighted by molar-refractivity contribution is -0.127. The Morgan fingerprint density at radius 1 is 1.38 bits per heavy atom. The second-order valence-electron chi connectivity index (χ2n) is 3.45. The van der Waals surface area contributed by atoms with E-state index in [1.165, 1.54) is 0 Å². The molecule has 13 heavy (non-hydrogen) atoms. The molecule has 2 aliphatic rings. The zero-order chi connectivity index (χ0) is 9.42. The van der Waals surface area contributed by atoms with Crippen LogP contribution in [-0.4, -0.2) is 30.7 Å². The minimum atomic E-state index is -0.436. The van der Waals surface area contributed by atoms with Gasteiger partial charge in [0, 0.05) is 12.6 Å². The van der Waals surface area contributed by atoms with Crippen molar-refractivity contribution in [1.82, 2.24) is 16.0 Å². The van der Waals surface area contributed by atoms with Gasteiger partial charge in [-0.15, -0.1) is 0 Å². The molecule has 6 nitrogen and oxygen atoms in total. The number of nitrogens with one attached hydrogen (secondary N) is 3. The smallest absolute Gasteiger partial charge is 0.322 e. The number of urea groups is 1. The van der Waals surface area contributed by atoms with Gasteiger partial charge in [0.15, 0.2) is 0 Å². The van der Waals surface area contributed by atoms with Crippen LogP contribution in [-0.2, 0) is 4.79 Å². The number of rotatable bonds is 0. The summed E-state index contributed by atoms with van der Waals surface area (Å²) in [5.74, 6) is -0.474. The second kappa shape index (κ2) is 2.97. The number of hydrogen-bond acceptors (Lipinski definition) is 4. The van der Waals surface area contributed by atoms with Crippen molar-refractivity contribution in [1.29, 1.82) is 0 Å². The summed E-state index contributed by atoms with van der Waals surface area (Å²) in [4.78, 5) is 22.2. The first-order valence-electron chi connectivity index (χ1n) is 4.27. The third-order valence-corrected chi connectivity index (χ3v) is 2.42. The van der Waals surface area contributed by atoms with E-state index in [-0.39, 0.29) is 24.0 Å². The molecule has 0 saturated carbocycles. The molecule has 0 spiro atoms. The molecule has 2 aliphatic heterocycles. The van der Waals surface area contributed by atoms with Gasteiger partial charge in [-0.25, -0.2) is 4.79 Å². The third kappa shape index (κ3) is 1.50. The summed E-state index contributed by atoms with van der Waals surface area (Å²) >= 11 is 0. The second-order valence-corrected chi connectivity index (χ2v) is 3.45. The standard InChI is InChI=1S/C7H12N4O2/c8-3-1-4-5(9-2-3)10-7(13)11-6(4)12/h3-5,9H,1-2,8H2,(H2,10,11,12,13). The zero-order valence-corrected chi connectivity index (χ0v) is 7.04. The summed E-state index contributed by atoms with van der Waals surface area (Å²) in [6.07, 6.45) is 0.366. The number of imide groups is 1. The van der Waals surface area contributed by atoms with Gasteiger partial charge in [0.25, 0.3) is 0 Å². The molecule has 0 aromatic carbocycles. The van der Waals surface area contributed by atoms with Crippen molar-refractivity contribution >= 4 is 11.9 Å². The summed E-state index contributed by atoms with van der Waals surface area (Å²) in [6, 6.07) is -0.448. The maximum absolute atomic E-state index is 11.3. The van der Waals surface area contributed by atoms with Crippen molar-refractivity contribution in [3.05, 3.63) is 0 Å². The van der Waals surface area contributed by atoms with E-state index in [0.29, 0.717) is 13.0 Å². The molecular weight excluding hydrogens is 172 g/mol. The van der Waals surface area contributed by atoms with Crippen molar-refractivity contribution in [3.63, 3.8) is 0 Å². The molecule has 2 saturated heterocycles. The summed E-state index contributed by atoms with van der Waals surface area (Å²) < 4.78 is 0. The summed E-state index contributed by atoms with van der Waals surface area (Å²) in [5.41, 5.74) is 5.68. The van der Waals surface area contributed by atoms with Crippen LogP contribution in [0.4, 0.5) is 4.79 Å². The minimum Gasteiger partial charge on any atom is -0.327 e. The largest absolute Gasteiger partial charge is 0.327 e. The summed E-state index contributed by atoms with van der Waals surface area (Å²) in [5, 5.41) is 7.86. The summed E-state index contributed by atoms with van der Waals surface area (Å²) in [7, 11) is 0. The van der Waals surface area contributed by atoms with Crippen LogP contribution in [0.2, 0.25) is 0 Å². The SMILES string of the molecule is NC1CNC2NC(=O)NC(=O)C2C1. The van der Waals surface area contributed by atoms with Crippen molar-refractivity contribution in [2.24, 2.45) is 11.7 Å². The van der Waals surface area contributed by atoms with E-state index in [2.05, 4.69) is 16.0 Å². The fourth-order valence-corrected chi connectivity index (χ4v) is 1.76. The molecule has 0 aliphatic carbocycles. The van der Waals surface area contributed by atoms with Crippen LogP contribution in [0.25, 0.3) is 0 Å². The number of piperidine rings is 1. The number of carbonyl (C=O) groups excluding carboxylic acids is 2. The highest BCUT2D eigenvalue weighted by Gasteiger charge is 2.38. The topological polar surface area (TPSA) is 96.2 Å². The average Bonchev–Trinajstić information content (AvgIpc) is 2.06. The van der Waals surface area contributed by atoms with Crippen molar-refractivity contribution in [3.8, 4) is 0 Å². The Kier molecular flexibility index (Phi) is 1.93. The molecule has 2 heterocycles. The molecule has 0 aromatic rings. The maximum atomic E-state index is 11.3. The van der Waals surface area contributed by atoms with Gasteiger partial charge in [-0.3, -0.25) is 15.4 Å². The average molecular weight is 184 g/mol. The molecule has 3 amide bonds. The van der Waals surface area contributed by atoms with Gasteiger partial charge in [-0.05, 0) is 6.42 Å². The molecule has 2 fully saturated rings. The molecule has 72 valence electrons. The van der Waals surface area contributed by atoms with Gasteiger partial charge in [-0.2, -0.15) is 0 Å². The maximum Gasteiger partial charge on any atom is 0.322 e. The Morgan fingerprint density at radius 3 is 2.92 bits per heavy atom. The number of nitrogens with two attached hydrogens (primary N) is 1. The molecule has 5 N–H and O–H groups in total. The van der Waals surface area contributed by atoms with Crippen LogP contribution >= 0.6 is 0 Å². The lowest BCUT2D eigenvalue weighted by Crippen LogP contribution is -2.67. The van der Waals surface area contributed by atoms with Crippen LogP contribution in [0.3, 0.4) is 0 Å². The van der Waals surface area contributed by atoms with E-state index in [9.17, 15) is 9.59 Å². The lowest BCUT2D eigenvalue weighted by Gasteiger charge is -2.37.